The molecule has 0 amide bonds. The number of nitrogens with one attached hydrogen (secondary N) is 1. The van der Waals surface area contributed by atoms with Gasteiger partial charge in [-0.2, -0.15) is 4.98 Å². The first-order valence-electron chi connectivity index (χ1n) is 5.51. The summed E-state index contributed by atoms with van der Waals surface area (Å²) < 4.78 is 4.95. The number of nitrogens with zero attached hydrogens (tertiary/aromatic N) is 2. The van der Waals surface area contributed by atoms with E-state index in [-0.39, 0.29) is 11.5 Å². The molecule has 1 rings (SSSR count). The molecule has 1 unspecified atom stereocenters. The summed E-state index contributed by atoms with van der Waals surface area (Å²) in [4.78, 5) is 14.4. The van der Waals surface area contributed by atoms with Crippen molar-refractivity contribution >= 4 is 11.5 Å². The van der Waals surface area contributed by atoms with Crippen molar-refractivity contribution in [3.63, 3.8) is 0 Å². The molecule has 0 fully saturated rings. The fourth-order valence-electron chi connectivity index (χ4n) is 1.24. The monoisotopic (exact) mass is 239 g/mol. The van der Waals surface area contributed by atoms with E-state index in [2.05, 4.69) is 24.1 Å². The van der Waals surface area contributed by atoms with Crippen molar-refractivity contribution < 1.29 is 9.66 Å². The molecule has 1 heterocycles. The minimum absolute atomic E-state index is 0.0332. The van der Waals surface area contributed by atoms with Gasteiger partial charge < -0.3 is 10.1 Å². The van der Waals surface area contributed by atoms with Crippen molar-refractivity contribution in [3.05, 3.63) is 22.2 Å². The van der Waals surface area contributed by atoms with Crippen LogP contribution in [-0.2, 0) is 0 Å². The maximum Gasteiger partial charge on any atom is 0.311 e. The third kappa shape index (κ3) is 3.58. The van der Waals surface area contributed by atoms with Gasteiger partial charge in [0.15, 0.2) is 0 Å². The molecule has 1 aromatic heterocycles. The molecular formula is C11H17N3O3. The summed E-state index contributed by atoms with van der Waals surface area (Å²) in [7, 11) is 1.48. The molecule has 0 bridgehead atoms. The van der Waals surface area contributed by atoms with E-state index >= 15 is 0 Å². The number of anilines is 1. The second kappa shape index (κ2) is 6.03. The Labute approximate surface area is 100 Å². The van der Waals surface area contributed by atoms with E-state index in [9.17, 15) is 10.1 Å². The molecule has 0 aliphatic heterocycles. The quantitative estimate of drug-likeness (QED) is 0.609. The van der Waals surface area contributed by atoms with E-state index in [1.165, 1.54) is 19.2 Å². The highest BCUT2D eigenvalue weighted by molar-refractivity contribution is 5.57. The fraction of sp³-hybridized carbons (Fsp3) is 0.545. The summed E-state index contributed by atoms with van der Waals surface area (Å²) in [5.74, 6) is 1.06. The summed E-state index contributed by atoms with van der Waals surface area (Å²) in [5.41, 5.74) is -0.0332. The zero-order valence-electron chi connectivity index (χ0n) is 10.3. The maximum absolute atomic E-state index is 10.8. The molecule has 0 saturated carbocycles. The van der Waals surface area contributed by atoms with Crippen LogP contribution in [0.15, 0.2) is 12.1 Å². The summed E-state index contributed by atoms with van der Waals surface area (Å²) in [6.45, 7) is 4.79. The minimum atomic E-state index is -0.453. The summed E-state index contributed by atoms with van der Waals surface area (Å²) in [5, 5.41) is 13.8. The number of pyridine rings is 1. The molecule has 6 nitrogen and oxygen atoms in total. The molecule has 0 radical (unpaired) electrons. The Morgan fingerprint density at radius 3 is 2.82 bits per heavy atom. The molecule has 0 saturated heterocycles. The van der Waals surface area contributed by atoms with E-state index in [1.54, 1.807) is 0 Å². The number of nitro groups is 1. The lowest BCUT2D eigenvalue weighted by atomic mass is 10.1. The predicted octanol–water partition coefficient (Wildman–Crippen LogP) is 2.46. The zero-order chi connectivity index (χ0) is 12.8. The van der Waals surface area contributed by atoms with Gasteiger partial charge in [-0.15, -0.1) is 0 Å². The molecule has 1 aromatic rings. The van der Waals surface area contributed by atoms with Gasteiger partial charge in [-0.1, -0.05) is 20.3 Å². The average Bonchev–Trinajstić information content (AvgIpc) is 2.35. The van der Waals surface area contributed by atoms with Crippen LogP contribution >= 0.6 is 0 Å². The first-order chi connectivity index (χ1) is 8.08. The van der Waals surface area contributed by atoms with Gasteiger partial charge in [0.2, 0.25) is 11.7 Å². The van der Waals surface area contributed by atoms with Gasteiger partial charge in [-0.25, -0.2) is 0 Å². The third-order valence-corrected chi connectivity index (χ3v) is 2.57. The highest BCUT2D eigenvalue weighted by atomic mass is 16.6. The number of hydrogen-bond acceptors (Lipinski definition) is 5. The van der Waals surface area contributed by atoms with Gasteiger partial charge in [0.05, 0.1) is 12.0 Å². The van der Waals surface area contributed by atoms with Crippen molar-refractivity contribution in [2.45, 2.75) is 20.3 Å². The molecule has 0 aliphatic carbocycles. The summed E-state index contributed by atoms with van der Waals surface area (Å²) >= 11 is 0. The van der Waals surface area contributed by atoms with Crippen LogP contribution < -0.4 is 10.1 Å². The second-order valence-corrected chi connectivity index (χ2v) is 3.87. The van der Waals surface area contributed by atoms with Crippen molar-refractivity contribution in [1.82, 2.24) is 4.98 Å². The Hall–Kier alpha value is -1.85. The second-order valence-electron chi connectivity index (χ2n) is 3.87. The Bertz CT molecular complexity index is 396. The molecule has 17 heavy (non-hydrogen) atoms. The van der Waals surface area contributed by atoms with Gasteiger partial charge >= 0.3 is 5.69 Å². The van der Waals surface area contributed by atoms with Gasteiger partial charge in [0.1, 0.15) is 0 Å². The van der Waals surface area contributed by atoms with Crippen LogP contribution in [0.2, 0.25) is 0 Å². The topological polar surface area (TPSA) is 77.3 Å². The molecule has 1 N–H and O–H groups in total. The van der Waals surface area contributed by atoms with Gasteiger partial charge in [-0.3, -0.25) is 10.1 Å². The Kier molecular flexibility index (Phi) is 4.68. The predicted molar refractivity (Wildman–Crippen MR) is 65.4 cm³/mol. The average molecular weight is 239 g/mol. The van der Waals surface area contributed by atoms with Crippen LogP contribution in [0.25, 0.3) is 0 Å². The summed E-state index contributed by atoms with van der Waals surface area (Å²) in [6.07, 6.45) is 1.00. The van der Waals surface area contributed by atoms with Crippen molar-refractivity contribution in [1.29, 1.82) is 0 Å². The van der Waals surface area contributed by atoms with Crippen molar-refractivity contribution in [3.8, 4) is 5.88 Å². The van der Waals surface area contributed by atoms with Crippen LogP contribution in [0.5, 0.6) is 5.88 Å². The largest absolute Gasteiger partial charge is 0.481 e. The molecule has 1 atom stereocenters. The van der Waals surface area contributed by atoms with E-state index in [0.717, 1.165) is 6.42 Å². The van der Waals surface area contributed by atoms with Crippen molar-refractivity contribution in [2.75, 3.05) is 19.0 Å². The minimum Gasteiger partial charge on any atom is -0.481 e. The number of ether oxygens (including phenoxy) is 1. The molecule has 6 heteroatoms. The number of methoxy groups -OCH3 is 1. The van der Waals surface area contributed by atoms with Crippen LogP contribution in [0.3, 0.4) is 0 Å². The standard InChI is InChI=1S/C11H17N3O3/c1-4-8(2)7-12-11-9(14(15)16)5-6-10(13-11)17-3/h5-6,8H,4,7H2,1-3H3,(H,12,13). The van der Waals surface area contributed by atoms with E-state index in [1.807, 2.05) is 0 Å². The van der Waals surface area contributed by atoms with Crippen LogP contribution in [0.4, 0.5) is 11.5 Å². The Morgan fingerprint density at radius 1 is 1.59 bits per heavy atom. The van der Waals surface area contributed by atoms with E-state index in [4.69, 9.17) is 4.74 Å². The number of rotatable bonds is 6. The number of hydrogen-bond donors (Lipinski definition) is 1. The SMILES string of the molecule is CCC(C)CNc1nc(OC)ccc1[N+](=O)[O-]. The molecular weight excluding hydrogens is 222 g/mol. The van der Waals surface area contributed by atoms with Crippen LogP contribution in [-0.4, -0.2) is 23.6 Å². The van der Waals surface area contributed by atoms with E-state index in [0.29, 0.717) is 18.3 Å². The van der Waals surface area contributed by atoms with Gasteiger partial charge in [-0.05, 0) is 5.92 Å². The smallest absolute Gasteiger partial charge is 0.311 e. The lowest BCUT2D eigenvalue weighted by Crippen LogP contribution is -2.12. The van der Waals surface area contributed by atoms with Gasteiger partial charge in [0.25, 0.3) is 0 Å². The zero-order valence-corrected chi connectivity index (χ0v) is 10.3. The Balaban J connectivity index is 2.89. The molecule has 0 aromatic carbocycles. The highest BCUT2D eigenvalue weighted by Crippen LogP contribution is 2.25. The molecule has 0 spiro atoms. The lowest BCUT2D eigenvalue weighted by molar-refractivity contribution is -0.384. The van der Waals surface area contributed by atoms with Crippen LogP contribution in [0.1, 0.15) is 20.3 Å². The van der Waals surface area contributed by atoms with Crippen LogP contribution in [0, 0.1) is 16.0 Å². The van der Waals surface area contributed by atoms with E-state index < -0.39 is 4.92 Å². The lowest BCUT2D eigenvalue weighted by Gasteiger charge is -2.11. The highest BCUT2D eigenvalue weighted by Gasteiger charge is 2.16. The first-order valence-corrected chi connectivity index (χ1v) is 5.51. The third-order valence-electron chi connectivity index (χ3n) is 2.57. The normalized spacial score (nSPS) is 11.9. The molecule has 0 aliphatic rings. The Morgan fingerprint density at radius 2 is 2.29 bits per heavy atom. The number of aromatic nitrogens is 1. The maximum atomic E-state index is 10.8. The first kappa shape index (κ1) is 13.2. The fourth-order valence-corrected chi connectivity index (χ4v) is 1.24. The summed E-state index contributed by atoms with van der Waals surface area (Å²) in [6, 6.07) is 2.87. The van der Waals surface area contributed by atoms with Crippen molar-refractivity contribution in [2.24, 2.45) is 5.92 Å². The van der Waals surface area contributed by atoms with Gasteiger partial charge in [0, 0.05) is 18.7 Å². The molecule has 94 valence electrons.